The molecule has 8 heteroatoms. The Kier molecular flexibility index (Phi) is 3.90. The number of carbonyl (C=O) groups is 1. The Bertz CT molecular complexity index is 693. The summed E-state index contributed by atoms with van der Waals surface area (Å²) >= 11 is 5.64. The Balaban J connectivity index is 2.22. The second-order valence-electron chi connectivity index (χ2n) is 3.72. The molecule has 1 aromatic heterocycles. The monoisotopic (exact) mass is 295 g/mol. The van der Waals surface area contributed by atoms with E-state index in [4.69, 9.17) is 11.6 Å². The highest BCUT2D eigenvalue weighted by Gasteiger charge is 2.14. The predicted octanol–water partition coefficient (Wildman–Crippen LogP) is 3.03. The number of nitrogens with one attached hydrogen (secondary N) is 1. The van der Waals surface area contributed by atoms with Gasteiger partial charge in [-0.2, -0.15) is 0 Å². The molecule has 0 saturated carbocycles. The van der Waals surface area contributed by atoms with Crippen LogP contribution in [-0.2, 0) is 0 Å². The summed E-state index contributed by atoms with van der Waals surface area (Å²) in [5.74, 6) is -1.57. The molecular weight excluding hydrogens is 289 g/mol. The molecule has 0 aliphatic heterocycles. The average Bonchev–Trinajstić information content (AvgIpc) is 2.40. The molecule has 2 rings (SSSR count). The SMILES string of the molecule is O=C(Nc1ccc([N+](=O)[O-])cc1F)c1cccc(Cl)n1. The lowest BCUT2D eigenvalue weighted by molar-refractivity contribution is -0.385. The molecule has 1 amide bonds. The van der Waals surface area contributed by atoms with Gasteiger partial charge < -0.3 is 5.32 Å². The van der Waals surface area contributed by atoms with Crippen LogP contribution in [0.1, 0.15) is 10.5 Å². The number of hydrogen-bond donors (Lipinski definition) is 1. The second-order valence-corrected chi connectivity index (χ2v) is 4.11. The maximum atomic E-state index is 13.6. The number of non-ortho nitro benzene ring substituents is 1. The van der Waals surface area contributed by atoms with Crippen molar-refractivity contribution in [3.63, 3.8) is 0 Å². The fourth-order valence-electron chi connectivity index (χ4n) is 1.44. The molecule has 1 N–H and O–H groups in total. The molecule has 1 heterocycles. The largest absolute Gasteiger partial charge is 0.318 e. The lowest BCUT2D eigenvalue weighted by atomic mass is 10.2. The number of amides is 1. The number of rotatable bonds is 3. The zero-order valence-corrected chi connectivity index (χ0v) is 10.6. The lowest BCUT2D eigenvalue weighted by Gasteiger charge is -2.05. The van der Waals surface area contributed by atoms with E-state index in [0.29, 0.717) is 0 Å². The van der Waals surface area contributed by atoms with Crippen LogP contribution in [0.25, 0.3) is 0 Å². The number of aromatic nitrogens is 1. The first-order chi connectivity index (χ1) is 9.47. The predicted molar refractivity (Wildman–Crippen MR) is 70.3 cm³/mol. The highest BCUT2D eigenvalue weighted by Crippen LogP contribution is 2.21. The maximum absolute atomic E-state index is 13.6. The Morgan fingerprint density at radius 3 is 2.70 bits per heavy atom. The Morgan fingerprint density at radius 2 is 2.10 bits per heavy atom. The van der Waals surface area contributed by atoms with Crippen molar-refractivity contribution >= 4 is 28.9 Å². The van der Waals surface area contributed by atoms with Crippen LogP contribution < -0.4 is 5.32 Å². The number of benzene rings is 1. The van der Waals surface area contributed by atoms with Gasteiger partial charge in [-0.25, -0.2) is 9.37 Å². The van der Waals surface area contributed by atoms with Gasteiger partial charge >= 0.3 is 0 Å². The van der Waals surface area contributed by atoms with Gasteiger partial charge in [0.1, 0.15) is 10.8 Å². The quantitative estimate of drug-likeness (QED) is 0.536. The van der Waals surface area contributed by atoms with Crippen LogP contribution in [0.15, 0.2) is 36.4 Å². The van der Waals surface area contributed by atoms with Crippen LogP contribution in [0.2, 0.25) is 5.15 Å². The Labute approximate surface area is 117 Å². The van der Waals surface area contributed by atoms with E-state index in [0.717, 1.165) is 18.2 Å². The normalized spacial score (nSPS) is 10.1. The number of nitrogens with zero attached hydrogens (tertiary/aromatic N) is 2. The van der Waals surface area contributed by atoms with Crippen molar-refractivity contribution in [1.29, 1.82) is 0 Å². The van der Waals surface area contributed by atoms with Crippen molar-refractivity contribution in [2.24, 2.45) is 0 Å². The van der Waals surface area contributed by atoms with Crippen LogP contribution in [-0.4, -0.2) is 15.8 Å². The van der Waals surface area contributed by atoms with E-state index in [9.17, 15) is 19.3 Å². The average molecular weight is 296 g/mol. The topological polar surface area (TPSA) is 85.1 Å². The number of nitro groups is 1. The van der Waals surface area contributed by atoms with Crippen LogP contribution in [0, 0.1) is 15.9 Å². The molecule has 20 heavy (non-hydrogen) atoms. The number of hydrogen-bond acceptors (Lipinski definition) is 4. The highest BCUT2D eigenvalue weighted by molar-refractivity contribution is 6.29. The fourth-order valence-corrected chi connectivity index (χ4v) is 1.60. The number of pyridine rings is 1. The van der Waals surface area contributed by atoms with Crippen molar-refractivity contribution in [1.82, 2.24) is 4.98 Å². The van der Waals surface area contributed by atoms with Gasteiger partial charge in [-0.1, -0.05) is 17.7 Å². The molecule has 2 aromatic rings. The van der Waals surface area contributed by atoms with Gasteiger partial charge in [0.15, 0.2) is 5.82 Å². The van der Waals surface area contributed by atoms with E-state index in [1.807, 2.05) is 0 Å². The molecule has 0 fully saturated rings. The second kappa shape index (κ2) is 5.62. The summed E-state index contributed by atoms with van der Waals surface area (Å²) in [6, 6.07) is 7.34. The van der Waals surface area contributed by atoms with Crippen molar-refractivity contribution < 1.29 is 14.1 Å². The molecule has 102 valence electrons. The van der Waals surface area contributed by atoms with Crippen LogP contribution in [0.5, 0.6) is 0 Å². The zero-order chi connectivity index (χ0) is 14.7. The van der Waals surface area contributed by atoms with E-state index >= 15 is 0 Å². The molecule has 0 saturated heterocycles. The molecular formula is C12H7ClFN3O3. The summed E-state index contributed by atoms with van der Waals surface area (Å²) < 4.78 is 13.6. The standard InChI is InChI=1S/C12H7ClFN3O3/c13-11-3-1-2-10(15-11)12(18)16-9-5-4-7(17(19)20)6-8(9)14/h1-6H,(H,16,18). The third-order valence-corrected chi connectivity index (χ3v) is 2.57. The van der Waals surface area contributed by atoms with E-state index in [2.05, 4.69) is 10.3 Å². The van der Waals surface area contributed by atoms with Gasteiger partial charge in [-0.15, -0.1) is 0 Å². The number of halogens is 2. The van der Waals surface area contributed by atoms with E-state index in [-0.39, 0.29) is 16.5 Å². The first kappa shape index (κ1) is 13.9. The number of nitro benzene ring substituents is 1. The van der Waals surface area contributed by atoms with Crippen LogP contribution >= 0.6 is 11.6 Å². The first-order valence-corrected chi connectivity index (χ1v) is 5.73. The molecule has 0 atom stereocenters. The highest BCUT2D eigenvalue weighted by atomic mass is 35.5. The maximum Gasteiger partial charge on any atom is 0.274 e. The Morgan fingerprint density at radius 1 is 1.35 bits per heavy atom. The van der Waals surface area contributed by atoms with Gasteiger partial charge in [0.25, 0.3) is 11.6 Å². The van der Waals surface area contributed by atoms with E-state index in [1.54, 1.807) is 0 Å². The third kappa shape index (κ3) is 3.07. The van der Waals surface area contributed by atoms with Gasteiger partial charge in [-0.3, -0.25) is 14.9 Å². The molecule has 0 spiro atoms. The van der Waals surface area contributed by atoms with Crippen molar-refractivity contribution in [2.45, 2.75) is 0 Å². The smallest absolute Gasteiger partial charge is 0.274 e. The van der Waals surface area contributed by atoms with Gasteiger partial charge in [-0.05, 0) is 18.2 Å². The minimum Gasteiger partial charge on any atom is -0.318 e. The van der Waals surface area contributed by atoms with Crippen molar-refractivity contribution in [2.75, 3.05) is 5.32 Å². The number of anilines is 1. The van der Waals surface area contributed by atoms with Crippen molar-refractivity contribution in [3.05, 3.63) is 63.2 Å². The molecule has 0 unspecified atom stereocenters. The van der Waals surface area contributed by atoms with Crippen LogP contribution in [0.3, 0.4) is 0 Å². The summed E-state index contributed by atoms with van der Waals surface area (Å²) in [6.07, 6.45) is 0. The number of carbonyl (C=O) groups excluding carboxylic acids is 1. The minimum absolute atomic E-state index is 0.00949. The van der Waals surface area contributed by atoms with Gasteiger partial charge in [0, 0.05) is 6.07 Å². The van der Waals surface area contributed by atoms with Crippen molar-refractivity contribution in [3.8, 4) is 0 Å². The van der Waals surface area contributed by atoms with Gasteiger partial charge in [0.2, 0.25) is 0 Å². The molecule has 1 aromatic carbocycles. The first-order valence-electron chi connectivity index (χ1n) is 5.35. The summed E-state index contributed by atoms with van der Waals surface area (Å²) in [5, 5.41) is 12.9. The molecule has 0 aliphatic rings. The minimum atomic E-state index is -0.908. The molecule has 0 bridgehead atoms. The molecule has 0 radical (unpaired) electrons. The third-order valence-electron chi connectivity index (χ3n) is 2.36. The summed E-state index contributed by atoms with van der Waals surface area (Å²) in [4.78, 5) is 25.3. The molecule has 6 nitrogen and oxygen atoms in total. The van der Waals surface area contributed by atoms with E-state index < -0.39 is 22.3 Å². The lowest BCUT2D eigenvalue weighted by Crippen LogP contribution is -2.14. The van der Waals surface area contributed by atoms with E-state index in [1.165, 1.54) is 18.2 Å². The summed E-state index contributed by atoms with van der Waals surface area (Å²) in [5.41, 5.74) is -0.570. The summed E-state index contributed by atoms with van der Waals surface area (Å²) in [6.45, 7) is 0. The van der Waals surface area contributed by atoms with Crippen LogP contribution in [0.4, 0.5) is 15.8 Å². The summed E-state index contributed by atoms with van der Waals surface area (Å²) in [7, 11) is 0. The molecule has 0 aliphatic carbocycles. The Hall–Kier alpha value is -2.54. The fraction of sp³-hybridized carbons (Fsp3) is 0. The zero-order valence-electron chi connectivity index (χ0n) is 9.84. The van der Waals surface area contributed by atoms with Gasteiger partial charge in [0.05, 0.1) is 16.7 Å².